The van der Waals surface area contributed by atoms with E-state index in [1.807, 2.05) is 6.07 Å². The van der Waals surface area contributed by atoms with Gasteiger partial charge in [-0.2, -0.15) is 0 Å². The van der Waals surface area contributed by atoms with Gasteiger partial charge in [-0.25, -0.2) is 0 Å². The van der Waals surface area contributed by atoms with Gasteiger partial charge in [-0.3, -0.25) is 10.1 Å². The van der Waals surface area contributed by atoms with E-state index in [1.165, 1.54) is 0 Å². The van der Waals surface area contributed by atoms with Gasteiger partial charge in [0.25, 0.3) is 0 Å². The average Bonchev–Trinajstić information content (AvgIpc) is 2.71. The lowest BCUT2D eigenvalue weighted by Gasteiger charge is -2.12. The highest BCUT2D eigenvalue weighted by atomic mass is 32.2. The number of benzene rings is 2. The second-order valence-corrected chi connectivity index (χ2v) is 6.77. The summed E-state index contributed by atoms with van der Waals surface area (Å²) in [4.78, 5) is 0. The molecular formula is C19H24N2O5S. The summed E-state index contributed by atoms with van der Waals surface area (Å²) in [6.07, 6.45) is 1.72. The molecule has 3 N–H and O–H groups in total. The molecule has 0 spiro atoms. The molecule has 0 saturated heterocycles. The zero-order chi connectivity index (χ0) is 19.8. The normalized spacial score (nSPS) is 11.9. The van der Waals surface area contributed by atoms with Crippen molar-refractivity contribution in [1.82, 2.24) is 0 Å². The number of methoxy groups -OCH3 is 4. The van der Waals surface area contributed by atoms with Crippen molar-refractivity contribution in [2.24, 2.45) is 5.84 Å². The van der Waals surface area contributed by atoms with Crippen LogP contribution in [0, 0.1) is 0 Å². The highest BCUT2D eigenvalue weighted by molar-refractivity contribution is 7.87. The maximum Gasteiger partial charge on any atom is 0.143 e. The lowest BCUT2D eigenvalue weighted by molar-refractivity contribution is 0.374. The molecule has 146 valence electrons. The molecule has 2 aromatic rings. The summed E-state index contributed by atoms with van der Waals surface area (Å²) >= 11 is 0. The number of nitrogens with one attached hydrogen (secondary N) is 1. The summed E-state index contributed by atoms with van der Waals surface area (Å²) in [5.74, 6) is 8.19. The van der Waals surface area contributed by atoms with Gasteiger partial charge in [0.2, 0.25) is 0 Å². The van der Waals surface area contributed by atoms with Crippen LogP contribution in [0.5, 0.6) is 23.0 Å². The highest BCUT2D eigenvalue weighted by Crippen LogP contribution is 2.35. The molecule has 0 heterocycles. The first-order valence-electron chi connectivity index (χ1n) is 8.05. The smallest absolute Gasteiger partial charge is 0.143 e. The molecule has 7 nitrogen and oxygen atoms in total. The maximum atomic E-state index is 12.5. The van der Waals surface area contributed by atoms with Gasteiger partial charge in [-0.1, -0.05) is 6.07 Å². The standard InChI is InChI=1S/C19H24N2O5S/c1-23-14-10-18(25-3)15(19(11-14)26-4)7-8-27(22)12-13-5-6-17(24-2)16(9-13)21-20/h5-11,21H,12,20H2,1-4H3. The molecule has 0 fully saturated rings. The lowest BCUT2D eigenvalue weighted by Crippen LogP contribution is -2.08. The third kappa shape index (κ3) is 5.15. The van der Waals surface area contributed by atoms with Crippen molar-refractivity contribution >= 4 is 22.6 Å². The Kier molecular flexibility index (Phi) is 7.51. The Morgan fingerprint density at radius 2 is 1.59 bits per heavy atom. The molecule has 0 aliphatic carbocycles. The van der Waals surface area contributed by atoms with E-state index < -0.39 is 10.8 Å². The van der Waals surface area contributed by atoms with E-state index in [0.717, 1.165) is 5.56 Å². The van der Waals surface area contributed by atoms with Crippen LogP contribution in [-0.2, 0) is 16.6 Å². The van der Waals surface area contributed by atoms with Gasteiger partial charge in [0.15, 0.2) is 0 Å². The molecule has 0 amide bonds. The number of nitrogen functional groups attached to an aromatic ring is 1. The minimum atomic E-state index is -1.25. The predicted molar refractivity (Wildman–Crippen MR) is 108 cm³/mol. The molecule has 1 unspecified atom stereocenters. The van der Waals surface area contributed by atoms with E-state index in [2.05, 4.69) is 5.43 Å². The lowest BCUT2D eigenvalue weighted by atomic mass is 10.1. The van der Waals surface area contributed by atoms with E-state index in [-0.39, 0.29) is 0 Å². The zero-order valence-electron chi connectivity index (χ0n) is 15.8. The summed E-state index contributed by atoms with van der Waals surface area (Å²) in [7, 11) is 4.99. The minimum absolute atomic E-state index is 0.329. The first kappa shape index (κ1) is 20.6. The molecule has 0 radical (unpaired) electrons. The van der Waals surface area contributed by atoms with Gasteiger partial charge >= 0.3 is 0 Å². The fraction of sp³-hybridized carbons (Fsp3) is 0.263. The number of ether oxygens (including phenoxy) is 4. The second-order valence-electron chi connectivity index (χ2n) is 5.45. The number of hydrogen-bond donors (Lipinski definition) is 2. The van der Waals surface area contributed by atoms with Gasteiger partial charge in [0.05, 0.1) is 56.2 Å². The Balaban J connectivity index is 2.22. The molecular weight excluding hydrogens is 368 g/mol. The summed E-state index contributed by atoms with van der Waals surface area (Å²) < 4.78 is 33.7. The Morgan fingerprint density at radius 1 is 0.963 bits per heavy atom. The third-order valence-corrected chi connectivity index (χ3v) is 4.93. The van der Waals surface area contributed by atoms with Crippen LogP contribution in [0.1, 0.15) is 11.1 Å². The first-order chi connectivity index (χ1) is 13.1. The van der Waals surface area contributed by atoms with Crippen LogP contribution in [0.3, 0.4) is 0 Å². The van der Waals surface area contributed by atoms with E-state index in [1.54, 1.807) is 64.2 Å². The van der Waals surface area contributed by atoms with Crippen molar-refractivity contribution < 1.29 is 23.2 Å². The van der Waals surface area contributed by atoms with E-state index in [4.69, 9.17) is 24.8 Å². The van der Waals surface area contributed by atoms with Gasteiger partial charge < -0.3 is 24.4 Å². The van der Waals surface area contributed by atoms with Gasteiger partial charge in [0.1, 0.15) is 23.0 Å². The average molecular weight is 392 g/mol. The van der Waals surface area contributed by atoms with Crippen LogP contribution >= 0.6 is 0 Å². The monoisotopic (exact) mass is 392 g/mol. The van der Waals surface area contributed by atoms with Crippen molar-refractivity contribution in [3.05, 3.63) is 46.9 Å². The number of rotatable bonds is 9. The molecule has 0 saturated carbocycles. The Labute approximate surface area is 161 Å². The van der Waals surface area contributed by atoms with E-state index in [9.17, 15) is 4.21 Å². The topological polar surface area (TPSA) is 92.0 Å². The molecule has 0 bridgehead atoms. The summed E-state index contributed by atoms with van der Waals surface area (Å²) in [5.41, 5.74) is 4.76. The van der Waals surface area contributed by atoms with Gasteiger partial charge in [-0.05, 0) is 23.8 Å². The van der Waals surface area contributed by atoms with Crippen LogP contribution in [0.2, 0.25) is 0 Å². The second kappa shape index (κ2) is 9.84. The Bertz CT molecular complexity index is 814. The van der Waals surface area contributed by atoms with E-state index >= 15 is 0 Å². The molecule has 2 rings (SSSR count). The quantitative estimate of drug-likeness (QED) is 0.501. The van der Waals surface area contributed by atoms with Crippen LogP contribution < -0.4 is 30.2 Å². The largest absolute Gasteiger partial charge is 0.496 e. The molecule has 0 aliphatic heterocycles. The van der Waals surface area contributed by atoms with Gasteiger partial charge in [0, 0.05) is 17.5 Å². The van der Waals surface area contributed by atoms with E-state index in [0.29, 0.717) is 40.0 Å². The Morgan fingerprint density at radius 3 is 2.11 bits per heavy atom. The van der Waals surface area contributed by atoms with Crippen LogP contribution in [0.4, 0.5) is 5.69 Å². The van der Waals surface area contributed by atoms with Crippen LogP contribution in [-0.4, -0.2) is 32.6 Å². The highest BCUT2D eigenvalue weighted by Gasteiger charge is 2.11. The third-order valence-electron chi connectivity index (χ3n) is 3.87. The number of hydrazine groups is 1. The Hall–Kier alpha value is -2.71. The maximum absolute atomic E-state index is 12.5. The molecule has 0 aromatic heterocycles. The fourth-order valence-corrected chi connectivity index (χ4v) is 3.40. The summed E-state index contributed by atoms with van der Waals surface area (Å²) in [6.45, 7) is 0. The predicted octanol–water partition coefficient (Wildman–Crippen LogP) is 2.93. The van der Waals surface area contributed by atoms with Crippen LogP contribution in [0.25, 0.3) is 6.08 Å². The molecule has 8 heteroatoms. The van der Waals surface area contributed by atoms with Gasteiger partial charge in [-0.15, -0.1) is 0 Å². The minimum Gasteiger partial charge on any atom is -0.496 e. The van der Waals surface area contributed by atoms with Crippen molar-refractivity contribution in [2.45, 2.75) is 5.75 Å². The van der Waals surface area contributed by atoms with Crippen molar-refractivity contribution in [3.8, 4) is 23.0 Å². The molecule has 27 heavy (non-hydrogen) atoms. The fourth-order valence-electron chi connectivity index (χ4n) is 2.51. The molecule has 0 aliphatic rings. The first-order valence-corrected chi connectivity index (χ1v) is 9.43. The summed E-state index contributed by atoms with van der Waals surface area (Å²) in [5, 5.41) is 1.60. The van der Waals surface area contributed by atoms with Crippen molar-refractivity contribution in [3.63, 3.8) is 0 Å². The van der Waals surface area contributed by atoms with Crippen LogP contribution in [0.15, 0.2) is 35.7 Å². The zero-order valence-corrected chi connectivity index (χ0v) is 16.6. The SMILES string of the molecule is COc1cc(OC)c(C=CS(=O)Cc2ccc(OC)c(NN)c2)c(OC)c1. The number of hydrogen-bond acceptors (Lipinski definition) is 7. The van der Waals surface area contributed by atoms with Crippen molar-refractivity contribution in [2.75, 3.05) is 33.9 Å². The summed E-state index contributed by atoms with van der Waals surface area (Å²) in [6, 6.07) is 8.92. The number of nitrogens with two attached hydrogens (primary N) is 1. The van der Waals surface area contributed by atoms with Crippen molar-refractivity contribution in [1.29, 1.82) is 0 Å². The number of anilines is 1. The molecule has 2 aromatic carbocycles. The molecule has 1 atom stereocenters.